The van der Waals surface area contributed by atoms with E-state index in [1.165, 1.54) is 24.1 Å². The summed E-state index contributed by atoms with van der Waals surface area (Å²) >= 11 is 0. The standard InChI is InChI=1S/C14H17NO5/c1-20-12-5-4-9(7-11(12)16)13(17)15-6-2-3-10(8-15)14(18)19/h4-5,7,10,16H,2-3,6,8H2,1H3,(H,18,19)/t10-/m0/s1. The predicted molar refractivity (Wildman–Crippen MR) is 70.9 cm³/mol. The van der Waals surface area contributed by atoms with Crippen LogP contribution in [0.1, 0.15) is 23.2 Å². The Bertz CT molecular complexity index is 528. The molecule has 1 aromatic carbocycles. The van der Waals surface area contributed by atoms with Gasteiger partial charge in [-0.3, -0.25) is 9.59 Å². The third-order valence-electron chi connectivity index (χ3n) is 3.48. The van der Waals surface area contributed by atoms with Gasteiger partial charge in [-0.2, -0.15) is 0 Å². The molecule has 1 aliphatic heterocycles. The van der Waals surface area contributed by atoms with Gasteiger partial charge in [0.05, 0.1) is 13.0 Å². The minimum atomic E-state index is -0.875. The number of methoxy groups -OCH3 is 1. The Labute approximate surface area is 116 Å². The molecule has 108 valence electrons. The van der Waals surface area contributed by atoms with Gasteiger partial charge in [-0.25, -0.2) is 0 Å². The van der Waals surface area contributed by atoms with Gasteiger partial charge in [0.1, 0.15) is 0 Å². The molecule has 0 saturated carbocycles. The van der Waals surface area contributed by atoms with E-state index in [2.05, 4.69) is 0 Å². The number of likely N-dealkylation sites (tertiary alicyclic amines) is 1. The zero-order valence-corrected chi connectivity index (χ0v) is 11.2. The largest absolute Gasteiger partial charge is 0.504 e. The molecule has 0 radical (unpaired) electrons. The monoisotopic (exact) mass is 279 g/mol. The highest BCUT2D eigenvalue weighted by molar-refractivity contribution is 5.95. The first-order chi connectivity index (χ1) is 9.52. The van der Waals surface area contributed by atoms with Crippen LogP contribution in [0, 0.1) is 5.92 Å². The number of ether oxygens (including phenoxy) is 1. The normalized spacial score (nSPS) is 18.6. The van der Waals surface area contributed by atoms with Gasteiger partial charge in [0, 0.05) is 18.7 Å². The van der Waals surface area contributed by atoms with Crippen molar-refractivity contribution in [3.8, 4) is 11.5 Å². The quantitative estimate of drug-likeness (QED) is 0.871. The van der Waals surface area contributed by atoms with Crippen LogP contribution in [0.3, 0.4) is 0 Å². The number of carboxylic acid groups (broad SMARTS) is 1. The van der Waals surface area contributed by atoms with Crippen LogP contribution in [0.25, 0.3) is 0 Å². The van der Waals surface area contributed by atoms with Crippen LogP contribution in [-0.4, -0.2) is 47.2 Å². The van der Waals surface area contributed by atoms with Crippen LogP contribution in [0.15, 0.2) is 18.2 Å². The van der Waals surface area contributed by atoms with Crippen molar-refractivity contribution < 1.29 is 24.5 Å². The summed E-state index contributed by atoms with van der Waals surface area (Å²) in [6, 6.07) is 4.41. The number of carboxylic acids is 1. The van der Waals surface area contributed by atoms with Crippen LogP contribution in [0.4, 0.5) is 0 Å². The van der Waals surface area contributed by atoms with Crippen LogP contribution in [-0.2, 0) is 4.79 Å². The number of rotatable bonds is 3. The molecule has 6 heteroatoms. The summed E-state index contributed by atoms with van der Waals surface area (Å²) in [5, 5.41) is 18.7. The molecule has 6 nitrogen and oxygen atoms in total. The van der Waals surface area contributed by atoms with E-state index in [1.54, 1.807) is 6.07 Å². The summed E-state index contributed by atoms with van der Waals surface area (Å²) < 4.78 is 4.92. The lowest BCUT2D eigenvalue weighted by Crippen LogP contribution is -2.42. The molecule has 1 heterocycles. The number of aromatic hydroxyl groups is 1. The molecule has 0 unspecified atom stereocenters. The molecular weight excluding hydrogens is 262 g/mol. The molecule has 1 fully saturated rings. The van der Waals surface area contributed by atoms with E-state index in [4.69, 9.17) is 9.84 Å². The molecule has 1 atom stereocenters. The van der Waals surface area contributed by atoms with Crippen LogP contribution < -0.4 is 4.74 Å². The summed E-state index contributed by atoms with van der Waals surface area (Å²) in [7, 11) is 1.43. The Kier molecular flexibility index (Phi) is 4.12. The fraction of sp³-hybridized carbons (Fsp3) is 0.429. The van der Waals surface area contributed by atoms with E-state index in [0.717, 1.165) is 0 Å². The average molecular weight is 279 g/mol. The molecule has 2 rings (SSSR count). The molecular formula is C14H17NO5. The van der Waals surface area contributed by atoms with Crippen molar-refractivity contribution in [2.45, 2.75) is 12.8 Å². The van der Waals surface area contributed by atoms with E-state index in [-0.39, 0.29) is 18.2 Å². The third-order valence-corrected chi connectivity index (χ3v) is 3.48. The minimum absolute atomic E-state index is 0.106. The lowest BCUT2D eigenvalue weighted by Gasteiger charge is -2.30. The fourth-order valence-electron chi connectivity index (χ4n) is 2.37. The van der Waals surface area contributed by atoms with Gasteiger partial charge in [0.2, 0.25) is 0 Å². The number of carbonyl (C=O) groups is 2. The van der Waals surface area contributed by atoms with E-state index in [0.29, 0.717) is 30.7 Å². The summed E-state index contributed by atoms with van der Waals surface area (Å²) in [5.74, 6) is -1.47. The molecule has 1 aromatic rings. The van der Waals surface area contributed by atoms with Gasteiger partial charge in [0.15, 0.2) is 11.5 Å². The SMILES string of the molecule is COc1ccc(C(=O)N2CCC[C@H](C(=O)O)C2)cc1O. The first-order valence-corrected chi connectivity index (χ1v) is 6.42. The molecule has 1 saturated heterocycles. The zero-order chi connectivity index (χ0) is 14.7. The number of benzene rings is 1. The number of aliphatic carboxylic acids is 1. The third kappa shape index (κ3) is 2.84. The minimum Gasteiger partial charge on any atom is -0.504 e. The van der Waals surface area contributed by atoms with Crippen molar-refractivity contribution in [3.05, 3.63) is 23.8 Å². The summed E-state index contributed by atoms with van der Waals surface area (Å²) in [6.07, 6.45) is 1.26. The molecule has 0 aromatic heterocycles. The number of phenols is 1. The molecule has 20 heavy (non-hydrogen) atoms. The summed E-state index contributed by atoms with van der Waals surface area (Å²) in [4.78, 5) is 24.8. The van der Waals surface area contributed by atoms with Crippen molar-refractivity contribution in [1.29, 1.82) is 0 Å². The van der Waals surface area contributed by atoms with Crippen molar-refractivity contribution in [1.82, 2.24) is 4.90 Å². The molecule has 1 aliphatic rings. The van der Waals surface area contributed by atoms with Crippen LogP contribution in [0.2, 0.25) is 0 Å². The lowest BCUT2D eigenvalue weighted by atomic mass is 9.97. The number of hydrogen-bond donors (Lipinski definition) is 2. The topological polar surface area (TPSA) is 87.1 Å². The van der Waals surface area contributed by atoms with Gasteiger partial charge < -0.3 is 19.8 Å². The average Bonchev–Trinajstić information content (AvgIpc) is 2.46. The highest BCUT2D eigenvalue weighted by Crippen LogP contribution is 2.27. The molecule has 0 aliphatic carbocycles. The maximum absolute atomic E-state index is 12.3. The number of piperidine rings is 1. The maximum atomic E-state index is 12.3. The van der Waals surface area contributed by atoms with Gasteiger partial charge in [-0.15, -0.1) is 0 Å². The molecule has 0 spiro atoms. The number of carbonyl (C=O) groups excluding carboxylic acids is 1. The predicted octanol–water partition coefficient (Wildman–Crippen LogP) is 1.34. The highest BCUT2D eigenvalue weighted by Gasteiger charge is 2.28. The first kappa shape index (κ1) is 14.2. The smallest absolute Gasteiger partial charge is 0.308 e. The summed E-state index contributed by atoms with van der Waals surface area (Å²) in [5.41, 5.74) is 0.328. The second kappa shape index (κ2) is 5.81. The Hall–Kier alpha value is -2.24. The van der Waals surface area contributed by atoms with E-state index < -0.39 is 11.9 Å². The van der Waals surface area contributed by atoms with Crippen LogP contribution >= 0.6 is 0 Å². The second-order valence-electron chi connectivity index (χ2n) is 4.82. The highest BCUT2D eigenvalue weighted by atomic mass is 16.5. The fourth-order valence-corrected chi connectivity index (χ4v) is 2.37. The van der Waals surface area contributed by atoms with E-state index >= 15 is 0 Å². The van der Waals surface area contributed by atoms with Gasteiger partial charge in [-0.1, -0.05) is 0 Å². The van der Waals surface area contributed by atoms with Crippen molar-refractivity contribution in [2.75, 3.05) is 20.2 Å². The molecule has 2 N–H and O–H groups in total. The van der Waals surface area contributed by atoms with E-state index in [1.807, 2.05) is 0 Å². The Balaban J connectivity index is 2.14. The van der Waals surface area contributed by atoms with Crippen molar-refractivity contribution in [2.24, 2.45) is 5.92 Å². The van der Waals surface area contributed by atoms with Crippen molar-refractivity contribution in [3.63, 3.8) is 0 Å². The number of nitrogens with zero attached hydrogens (tertiary/aromatic N) is 1. The Morgan fingerprint density at radius 1 is 1.40 bits per heavy atom. The van der Waals surface area contributed by atoms with Crippen molar-refractivity contribution >= 4 is 11.9 Å². The zero-order valence-electron chi connectivity index (χ0n) is 11.2. The van der Waals surface area contributed by atoms with Gasteiger partial charge in [0.25, 0.3) is 5.91 Å². The maximum Gasteiger partial charge on any atom is 0.308 e. The molecule has 1 amide bonds. The van der Waals surface area contributed by atoms with Gasteiger partial charge >= 0.3 is 5.97 Å². The lowest BCUT2D eigenvalue weighted by molar-refractivity contribution is -0.143. The van der Waals surface area contributed by atoms with Gasteiger partial charge in [-0.05, 0) is 31.0 Å². The first-order valence-electron chi connectivity index (χ1n) is 6.42. The second-order valence-corrected chi connectivity index (χ2v) is 4.82. The van der Waals surface area contributed by atoms with E-state index in [9.17, 15) is 14.7 Å². The Morgan fingerprint density at radius 3 is 2.75 bits per heavy atom. The number of hydrogen-bond acceptors (Lipinski definition) is 4. The Morgan fingerprint density at radius 2 is 2.15 bits per heavy atom. The van der Waals surface area contributed by atoms with Crippen LogP contribution in [0.5, 0.6) is 11.5 Å². The number of amides is 1. The number of phenolic OH excluding ortho intramolecular Hbond substituents is 1. The summed E-state index contributed by atoms with van der Waals surface area (Å²) in [6.45, 7) is 0.746. The molecule has 0 bridgehead atoms.